The van der Waals surface area contributed by atoms with Gasteiger partial charge in [-0.15, -0.1) is 0 Å². The zero-order chi connectivity index (χ0) is 18.1. The number of amides is 1. The van der Waals surface area contributed by atoms with Crippen molar-refractivity contribution in [3.8, 4) is 5.75 Å². The van der Waals surface area contributed by atoms with Crippen molar-refractivity contribution < 1.29 is 9.53 Å². The van der Waals surface area contributed by atoms with E-state index in [1.807, 2.05) is 55.5 Å². The van der Waals surface area contributed by atoms with Gasteiger partial charge in [0.25, 0.3) is 0 Å². The number of aryl methyl sites for hydroxylation is 1. The Bertz CT molecular complexity index is 967. The van der Waals surface area contributed by atoms with Crippen LogP contribution in [0, 0.1) is 6.92 Å². The fourth-order valence-corrected chi connectivity index (χ4v) is 3.60. The lowest BCUT2D eigenvalue weighted by molar-refractivity contribution is -0.116. The molecule has 2 aromatic carbocycles. The fraction of sp³-hybridized carbons (Fsp3) is 0.200. The number of aromatic nitrogens is 2. The number of carbonyl (C=O) groups excluding carboxylic acids is 1. The normalized spacial score (nSPS) is 16.1. The van der Waals surface area contributed by atoms with Crippen molar-refractivity contribution in [1.29, 1.82) is 0 Å². The highest BCUT2D eigenvalue weighted by atomic mass is 35.5. The maximum atomic E-state index is 12.1. The van der Waals surface area contributed by atoms with Gasteiger partial charge in [0.15, 0.2) is 5.82 Å². The van der Waals surface area contributed by atoms with Crippen LogP contribution < -0.4 is 10.1 Å². The second-order valence-corrected chi connectivity index (χ2v) is 6.81. The Hall–Kier alpha value is -2.79. The summed E-state index contributed by atoms with van der Waals surface area (Å²) in [7, 11) is 0. The van der Waals surface area contributed by atoms with Gasteiger partial charge < -0.3 is 10.1 Å². The summed E-state index contributed by atoms with van der Waals surface area (Å²) in [6.07, 6.45) is 0.366. The maximum Gasteiger partial charge on any atom is 0.226 e. The number of hydrogen-bond donors (Lipinski definition) is 2. The summed E-state index contributed by atoms with van der Waals surface area (Å²) in [6, 6.07) is 15.4. The minimum atomic E-state index is -0.0898. The van der Waals surface area contributed by atoms with Gasteiger partial charge in [-0.3, -0.25) is 9.89 Å². The predicted octanol–water partition coefficient (Wildman–Crippen LogP) is 4.42. The molecule has 0 bridgehead atoms. The number of fused-ring (bicyclic) bond motifs is 1. The van der Waals surface area contributed by atoms with Gasteiger partial charge in [0.2, 0.25) is 5.91 Å². The van der Waals surface area contributed by atoms with Crippen LogP contribution in [0.15, 0.2) is 48.5 Å². The van der Waals surface area contributed by atoms with Gasteiger partial charge in [0.1, 0.15) is 12.4 Å². The fourth-order valence-electron chi connectivity index (χ4n) is 3.38. The standard InChI is InChI=1S/C20H18ClN3O2/c1-12-19-16(10-18(25)22-20(19)24-23-12)15-7-2-3-8-17(15)26-11-13-5-4-6-14(21)9-13/h2-9,16H,10-11H2,1H3,(H2,22,23,24,25). The Morgan fingerprint density at radius 2 is 2.08 bits per heavy atom. The van der Waals surface area contributed by atoms with Crippen LogP contribution in [0.5, 0.6) is 5.75 Å². The van der Waals surface area contributed by atoms with E-state index in [-0.39, 0.29) is 11.8 Å². The smallest absolute Gasteiger partial charge is 0.226 e. The number of aromatic amines is 1. The number of rotatable bonds is 4. The molecule has 0 fully saturated rings. The van der Waals surface area contributed by atoms with Crippen LogP contribution in [-0.2, 0) is 11.4 Å². The quantitative estimate of drug-likeness (QED) is 0.717. The largest absolute Gasteiger partial charge is 0.489 e. The third-order valence-electron chi connectivity index (χ3n) is 4.57. The molecule has 1 aliphatic rings. The SMILES string of the molecule is Cc1[nH]nc2c1C(c1ccccc1OCc1cccc(Cl)c1)CC(=O)N2. The van der Waals surface area contributed by atoms with E-state index in [9.17, 15) is 4.79 Å². The van der Waals surface area contributed by atoms with Gasteiger partial charge in [0, 0.05) is 34.2 Å². The summed E-state index contributed by atoms with van der Waals surface area (Å²) in [5, 5.41) is 10.7. The highest BCUT2D eigenvalue weighted by Gasteiger charge is 2.32. The molecule has 5 nitrogen and oxygen atoms in total. The van der Waals surface area contributed by atoms with E-state index in [1.54, 1.807) is 0 Å². The Morgan fingerprint density at radius 3 is 2.92 bits per heavy atom. The van der Waals surface area contributed by atoms with E-state index >= 15 is 0 Å². The molecule has 2 N–H and O–H groups in total. The average Bonchev–Trinajstić information content (AvgIpc) is 3.00. The highest BCUT2D eigenvalue weighted by molar-refractivity contribution is 6.30. The number of nitrogens with zero attached hydrogens (tertiary/aromatic N) is 1. The molecule has 0 saturated heterocycles. The van der Waals surface area contributed by atoms with Gasteiger partial charge in [-0.2, -0.15) is 5.10 Å². The van der Waals surface area contributed by atoms with E-state index in [1.165, 1.54) is 0 Å². The Morgan fingerprint density at radius 1 is 1.23 bits per heavy atom. The predicted molar refractivity (Wildman–Crippen MR) is 101 cm³/mol. The van der Waals surface area contributed by atoms with E-state index in [0.717, 1.165) is 28.1 Å². The van der Waals surface area contributed by atoms with Crippen LogP contribution in [0.25, 0.3) is 0 Å². The molecule has 132 valence electrons. The molecule has 26 heavy (non-hydrogen) atoms. The van der Waals surface area contributed by atoms with Crippen molar-refractivity contribution in [3.05, 3.63) is 75.9 Å². The lowest BCUT2D eigenvalue weighted by atomic mass is 9.85. The van der Waals surface area contributed by atoms with Crippen LogP contribution in [0.4, 0.5) is 5.82 Å². The van der Waals surface area contributed by atoms with E-state index in [4.69, 9.17) is 16.3 Å². The van der Waals surface area contributed by atoms with Crippen LogP contribution in [-0.4, -0.2) is 16.1 Å². The number of ether oxygens (including phenoxy) is 1. The summed E-state index contributed by atoms with van der Waals surface area (Å²) in [5.41, 5.74) is 3.95. The number of hydrogen-bond acceptors (Lipinski definition) is 3. The second kappa shape index (κ2) is 6.84. The summed E-state index contributed by atoms with van der Waals surface area (Å²) in [5.74, 6) is 1.24. The van der Waals surface area contributed by atoms with Gasteiger partial charge in [-0.25, -0.2) is 0 Å². The van der Waals surface area contributed by atoms with Crippen molar-refractivity contribution in [2.24, 2.45) is 0 Å². The van der Waals surface area contributed by atoms with Gasteiger partial charge in [0.05, 0.1) is 0 Å². The summed E-state index contributed by atoms with van der Waals surface area (Å²) in [4.78, 5) is 12.1. The number of anilines is 1. The topological polar surface area (TPSA) is 67.0 Å². The molecule has 3 aromatic rings. The van der Waals surface area contributed by atoms with Crippen LogP contribution in [0.3, 0.4) is 0 Å². The zero-order valence-electron chi connectivity index (χ0n) is 14.3. The molecular formula is C20H18ClN3O2. The Labute approximate surface area is 156 Å². The van der Waals surface area contributed by atoms with Crippen molar-refractivity contribution in [3.63, 3.8) is 0 Å². The molecule has 1 aromatic heterocycles. The van der Waals surface area contributed by atoms with Crippen molar-refractivity contribution in [2.75, 3.05) is 5.32 Å². The molecule has 1 amide bonds. The lowest BCUT2D eigenvalue weighted by Crippen LogP contribution is -2.23. The first-order chi connectivity index (χ1) is 12.6. The average molecular weight is 368 g/mol. The van der Waals surface area contributed by atoms with E-state index in [0.29, 0.717) is 23.9 Å². The number of nitrogens with one attached hydrogen (secondary N) is 2. The van der Waals surface area contributed by atoms with E-state index in [2.05, 4.69) is 15.5 Å². The molecular weight excluding hydrogens is 350 g/mol. The molecule has 4 rings (SSSR count). The maximum absolute atomic E-state index is 12.1. The minimum Gasteiger partial charge on any atom is -0.489 e. The number of halogens is 1. The van der Waals surface area contributed by atoms with Crippen LogP contribution in [0.1, 0.15) is 34.7 Å². The van der Waals surface area contributed by atoms with Crippen molar-refractivity contribution in [1.82, 2.24) is 10.2 Å². The molecule has 0 saturated carbocycles. The molecule has 1 unspecified atom stereocenters. The number of H-pyrrole nitrogens is 1. The zero-order valence-corrected chi connectivity index (χ0v) is 15.0. The third-order valence-corrected chi connectivity index (χ3v) is 4.80. The van der Waals surface area contributed by atoms with Gasteiger partial charge in [-0.1, -0.05) is 41.9 Å². The van der Waals surface area contributed by atoms with Gasteiger partial charge >= 0.3 is 0 Å². The summed E-state index contributed by atoms with van der Waals surface area (Å²) in [6.45, 7) is 2.37. The first kappa shape index (κ1) is 16.7. The molecule has 0 radical (unpaired) electrons. The third kappa shape index (κ3) is 3.18. The monoisotopic (exact) mass is 367 g/mol. The molecule has 0 aliphatic carbocycles. The first-order valence-corrected chi connectivity index (χ1v) is 8.80. The van der Waals surface area contributed by atoms with Gasteiger partial charge in [-0.05, 0) is 30.7 Å². The van der Waals surface area contributed by atoms with Crippen LogP contribution >= 0.6 is 11.6 Å². The molecule has 1 aliphatic heterocycles. The Kier molecular flexibility index (Phi) is 4.39. The summed E-state index contributed by atoms with van der Waals surface area (Å²) < 4.78 is 6.08. The molecule has 1 atom stereocenters. The Balaban J connectivity index is 1.66. The number of benzene rings is 2. The lowest BCUT2D eigenvalue weighted by Gasteiger charge is -2.25. The molecule has 0 spiro atoms. The second-order valence-electron chi connectivity index (χ2n) is 6.37. The van der Waals surface area contributed by atoms with Crippen molar-refractivity contribution >= 4 is 23.3 Å². The molecule has 6 heteroatoms. The molecule has 2 heterocycles. The summed E-state index contributed by atoms with van der Waals surface area (Å²) >= 11 is 6.05. The number of carbonyl (C=O) groups is 1. The minimum absolute atomic E-state index is 0.0429. The highest BCUT2D eigenvalue weighted by Crippen LogP contribution is 2.41. The van der Waals surface area contributed by atoms with Crippen LogP contribution in [0.2, 0.25) is 5.02 Å². The van der Waals surface area contributed by atoms with Crippen molar-refractivity contribution in [2.45, 2.75) is 25.9 Å². The number of para-hydroxylation sites is 1. The first-order valence-electron chi connectivity index (χ1n) is 8.42. The van der Waals surface area contributed by atoms with E-state index < -0.39 is 0 Å².